The molecule has 0 saturated heterocycles. The second-order valence-electron chi connectivity index (χ2n) is 1.56. The lowest BCUT2D eigenvalue weighted by molar-refractivity contribution is 1.16. The summed E-state index contributed by atoms with van der Waals surface area (Å²) >= 11 is 0. The molecule has 0 aromatic heterocycles. The highest BCUT2D eigenvalue weighted by atomic mass is 14.7. The monoisotopic (exact) mass is 103 g/mol. The molecule has 0 bridgehead atoms. The Morgan fingerprint density at radius 2 is 2.12 bits per heavy atom. The van der Waals surface area contributed by atoms with Crippen LogP contribution in [0.25, 0.3) is 0 Å². The van der Waals surface area contributed by atoms with Crippen molar-refractivity contribution in [1.29, 1.82) is 0 Å². The van der Waals surface area contributed by atoms with Gasteiger partial charge in [-0.3, -0.25) is 4.99 Å². The van der Waals surface area contributed by atoms with Crippen molar-refractivity contribution < 1.29 is 0 Å². The molecular weight excluding hydrogens is 96.9 g/mol. The average molecular weight is 103 g/mol. The van der Waals surface area contributed by atoms with Crippen LogP contribution >= 0.6 is 0 Å². The molecule has 38 valence electrons. The highest BCUT2D eigenvalue weighted by Crippen LogP contribution is 1.90. The SMILES string of the molecule is [B]C1C=CC=CC=N1. The average Bonchev–Trinajstić information content (AvgIpc) is 1.94. The Morgan fingerprint density at radius 1 is 1.25 bits per heavy atom. The fraction of sp³-hybridized carbons (Fsp3) is 0.167. The number of aliphatic imine (C=N–C) groups is 1. The molecule has 0 saturated carbocycles. The highest BCUT2D eigenvalue weighted by Gasteiger charge is 1.87. The third-order valence-electron chi connectivity index (χ3n) is 0.875. The van der Waals surface area contributed by atoms with Crippen LogP contribution in [-0.2, 0) is 0 Å². The Kier molecular flexibility index (Phi) is 1.68. The Hall–Kier alpha value is -0.785. The lowest BCUT2D eigenvalue weighted by Crippen LogP contribution is -1.96. The second-order valence-corrected chi connectivity index (χ2v) is 1.56. The van der Waals surface area contributed by atoms with Crippen LogP contribution in [0, 0.1) is 0 Å². The van der Waals surface area contributed by atoms with Gasteiger partial charge in [-0.05, 0) is 6.08 Å². The van der Waals surface area contributed by atoms with Crippen LogP contribution in [0.5, 0.6) is 0 Å². The first kappa shape index (κ1) is 5.35. The molecule has 2 heteroatoms. The Labute approximate surface area is 50.2 Å². The zero-order valence-corrected chi connectivity index (χ0v) is 4.49. The molecule has 0 aromatic rings. The second kappa shape index (κ2) is 2.50. The van der Waals surface area contributed by atoms with E-state index in [9.17, 15) is 0 Å². The number of allylic oxidation sites excluding steroid dienone is 3. The minimum Gasteiger partial charge on any atom is -0.296 e. The first-order chi connectivity index (χ1) is 3.89. The topological polar surface area (TPSA) is 12.4 Å². The molecule has 1 aliphatic rings. The van der Waals surface area contributed by atoms with Crippen LogP contribution in [0.3, 0.4) is 0 Å². The Balaban J connectivity index is 2.66. The van der Waals surface area contributed by atoms with Gasteiger partial charge in [-0.15, -0.1) is 0 Å². The minimum absolute atomic E-state index is 0.148. The molecule has 2 radical (unpaired) electrons. The van der Waals surface area contributed by atoms with Crippen molar-refractivity contribution in [2.75, 3.05) is 0 Å². The van der Waals surface area contributed by atoms with E-state index >= 15 is 0 Å². The fourth-order valence-corrected chi connectivity index (χ4v) is 0.491. The van der Waals surface area contributed by atoms with Crippen molar-refractivity contribution in [2.24, 2.45) is 4.99 Å². The van der Waals surface area contributed by atoms with E-state index in [2.05, 4.69) is 4.99 Å². The molecule has 1 unspecified atom stereocenters. The molecule has 0 N–H and O–H groups in total. The maximum atomic E-state index is 5.41. The number of rotatable bonds is 0. The fourth-order valence-electron chi connectivity index (χ4n) is 0.491. The third-order valence-corrected chi connectivity index (χ3v) is 0.875. The van der Waals surface area contributed by atoms with Crippen molar-refractivity contribution >= 4 is 14.1 Å². The van der Waals surface area contributed by atoms with Crippen LogP contribution in [-0.4, -0.2) is 20.0 Å². The molecule has 0 amide bonds. The van der Waals surface area contributed by atoms with Gasteiger partial charge in [0.2, 0.25) is 0 Å². The third kappa shape index (κ3) is 1.37. The van der Waals surface area contributed by atoms with Gasteiger partial charge in [0.05, 0.1) is 0 Å². The molecule has 0 spiro atoms. The maximum Gasteiger partial charge on any atom is 0.108 e. The lowest BCUT2D eigenvalue weighted by Gasteiger charge is -1.91. The van der Waals surface area contributed by atoms with Gasteiger partial charge in [0.15, 0.2) is 0 Å². The summed E-state index contributed by atoms with van der Waals surface area (Å²) in [6.45, 7) is 0. The standard InChI is InChI=1S/C6H6BN/c7-6-4-2-1-3-5-8-6/h1-6H. The predicted molar refractivity (Wildman–Crippen MR) is 36.3 cm³/mol. The maximum absolute atomic E-state index is 5.41. The summed E-state index contributed by atoms with van der Waals surface area (Å²) in [5, 5.41) is 0. The van der Waals surface area contributed by atoms with Gasteiger partial charge in [-0.2, -0.15) is 0 Å². The van der Waals surface area contributed by atoms with Crippen molar-refractivity contribution in [3.05, 3.63) is 24.3 Å². The van der Waals surface area contributed by atoms with Crippen molar-refractivity contribution in [3.8, 4) is 0 Å². The first-order valence-electron chi connectivity index (χ1n) is 2.52. The van der Waals surface area contributed by atoms with E-state index in [4.69, 9.17) is 7.85 Å². The number of hydrogen-bond acceptors (Lipinski definition) is 1. The van der Waals surface area contributed by atoms with Gasteiger partial charge < -0.3 is 0 Å². The summed E-state index contributed by atoms with van der Waals surface area (Å²) in [5.41, 5.74) is 0. The summed E-state index contributed by atoms with van der Waals surface area (Å²) < 4.78 is 0. The van der Waals surface area contributed by atoms with Crippen molar-refractivity contribution in [2.45, 2.75) is 5.94 Å². The first-order valence-corrected chi connectivity index (χ1v) is 2.52. The number of nitrogens with zero attached hydrogens (tertiary/aromatic N) is 1. The highest BCUT2D eigenvalue weighted by molar-refractivity contribution is 6.13. The molecule has 1 atom stereocenters. The molecular formula is C6H6BN. The van der Waals surface area contributed by atoms with E-state index in [1.165, 1.54) is 0 Å². The molecule has 1 aliphatic heterocycles. The zero-order chi connectivity index (χ0) is 5.82. The molecule has 1 nitrogen and oxygen atoms in total. The predicted octanol–water partition coefficient (Wildman–Crippen LogP) is 0.678. The van der Waals surface area contributed by atoms with Crippen LogP contribution < -0.4 is 0 Å². The van der Waals surface area contributed by atoms with Crippen molar-refractivity contribution in [1.82, 2.24) is 0 Å². The van der Waals surface area contributed by atoms with Gasteiger partial charge in [0, 0.05) is 12.2 Å². The van der Waals surface area contributed by atoms with Gasteiger partial charge in [0.25, 0.3) is 0 Å². The van der Waals surface area contributed by atoms with E-state index < -0.39 is 0 Å². The quantitative estimate of drug-likeness (QED) is 0.399. The summed E-state index contributed by atoms with van der Waals surface area (Å²) in [7, 11) is 5.41. The Bertz CT molecular complexity index is 131. The van der Waals surface area contributed by atoms with E-state index in [1.54, 1.807) is 6.21 Å². The summed E-state index contributed by atoms with van der Waals surface area (Å²) in [4.78, 5) is 3.90. The molecule has 8 heavy (non-hydrogen) atoms. The molecule has 1 heterocycles. The van der Waals surface area contributed by atoms with E-state index in [1.807, 2.05) is 24.3 Å². The van der Waals surface area contributed by atoms with Crippen LogP contribution in [0.1, 0.15) is 0 Å². The molecule has 0 aliphatic carbocycles. The molecule has 0 fully saturated rings. The molecule has 1 rings (SSSR count). The van der Waals surface area contributed by atoms with E-state index in [0.29, 0.717) is 0 Å². The van der Waals surface area contributed by atoms with Gasteiger partial charge >= 0.3 is 0 Å². The largest absolute Gasteiger partial charge is 0.296 e. The van der Waals surface area contributed by atoms with Crippen molar-refractivity contribution in [3.63, 3.8) is 0 Å². The van der Waals surface area contributed by atoms with E-state index in [0.717, 1.165) is 0 Å². The summed E-state index contributed by atoms with van der Waals surface area (Å²) in [6, 6.07) is 0. The van der Waals surface area contributed by atoms with Gasteiger partial charge in [-0.25, -0.2) is 0 Å². The smallest absolute Gasteiger partial charge is 0.108 e. The van der Waals surface area contributed by atoms with Gasteiger partial charge in [0.1, 0.15) is 7.85 Å². The normalized spacial score (nSPS) is 25.8. The van der Waals surface area contributed by atoms with E-state index in [-0.39, 0.29) is 5.94 Å². The van der Waals surface area contributed by atoms with Crippen LogP contribution in [0.2, 0.25) is 0 Å². The van der Waals surface area contributed by atoms with Crippen LogP contribution in [0.4, 0.5) is 0 Å². The lowest BCUT2D eigenvalue weighted by atomic mass is 9.97. The summed E-state index contributed by atoms with van der Waals surface area (Å²) in [5.74, 6) is -0.148. The van der Waals surface area contributed by atoms with Gasteiger partial charge in [-0.1, -0.05) is 18.2 Å². The molecule has 0 aromatic carbocycles. The minimum atomic E-state index is -0.148. The number of hydrogen-bond donors (Lipinski definition) is 0. The zero-order valence-electron chi connectivity index (χ0n) is 4.49. The Morgan fingerprint density at radius 3 is 3.00 bits per heavy atom. The summed E-state index contributed by atoms with van der Waals surface area (Å²) in [6.07, 6.45) is 9.17. The van der Waals surface area contributed by atoms with Crippen LogP contribution in [0.15, 0.2) is 29.3 Å².